The Bertz CT molecular complexity index is 1230. The Morgan fingerprint density at radius 1 is 1.05 bits per heavy atom. The van der Waals surface area contributed by atoms with Crippen LogP contribution in [-0.4, -0.2) is 53.6 Å². The SMILES string of the molecule is C#CN(C(=O)C(Cc1ccccc1)NC(=O)OC(C)(C)C)C(C(=O)NCCC(=O)OCC)c1cc(C)ccc1C. The maximum atomic E-state index is 14.0. The zero-order valence-electron chi connectivity index (χ0n) is 24.1. The predicted molar refractivity (Wildman–Crippen MR) is 152 cm³/mol. The van der Waals surface area contributed by atoms with E-state index >= 15 is 0 Å². The van der Waals surface area contributed by atoms with E-state index in [1.807, 2.05) is 56.3 Å². The number of benzene rings is 2. The van der Waals surface area contributed by atoms with E-state index in [0.717, 1.165) is 21.6 Å². The number of ether oxygens (including phenoxy) is 2. The van der Waals surface area contributed by atoms with Crippen LogP contribution in [0, 0.1) is 26.3 Å². The minimum atomic E-state index is -1.22. The number of rotatable bonds is 11. The second-order valence-corrected chi connectivity index (χ2v) is 10.3. The van der Waals surface area contributed by atoms with Gasteiger partial charge in [0.05, 0.1) is 13.0 Å². The number of nitrogens with zero attached hydrogens (tertiary/aromatic N) is 1. The Morgan fingerprint density at radius 3 is 2.33 bits per heavy atom. The van der Waals surface area contributed by atoms with Gasteiger partial charge < -0.3 is 20.1 Å². The van der Waals surface area contributed by atoms with Crippen molar-refractivity contribution >= 4 is 23.9 Å². The minimum absolute atomic E-state index is 0.00473. The van der Waals surface area contributed by atoms with Crippen molar-refractivity contribution in [2.45, 2.75) is 72.1 Å². The van der Waals surface area contributed by atoms with Crippen molar-refractivity contribution in [3.05, 3.63) is 70.8 Å². The normalized spacial score (nSPS) is 12.3. The highest BCUT2D eigenvalue weighted by Gasteiger charge is 2.36. The monoisotopic (exact) mass is 549 g/mol. The van der Waals surface area contributed by atoms with Crippen molar-refractivity contribution in [1.29, 1.82) is 0 Å². The summed E-state index contributed by atoms with van der Waals surface area (Å²) in [7, 11) is 0. The van der Waals surface area contributed by atoms with E-state index in [-0.39, 0.29) is 26.0 Å². The van der Waals surface area contributed by atoms with Crippen molar-refractivity contribution in [1.82, 2.24) is 15.5 Å². The summed E-state index contributed by atoms with van der Waals surface area (Å²) in [5.41, 5.74) is 2.11. The highest BCUT2D eigenvalue weighted by molar-refractivity contribution is 5.93. The highest BCUT2D eigenvalue weighted by Crippen LogP contribution is 2.26. The molecule has 2 atom stereocenters. The van der Waals surface area contributed by atoms with Crippen LogP contribution in [0.25, 0.3) is 0 Å². The molecule has 2 unspecified atom stereocenters. The van der Waals surface area contributed by atoms with Gasteiger partial charge in [-0.3, -0.25) is 19.3 Å². The van der Waals surface area contributed by atoms with Crippen molar-refractivity contribution in [2.75, 3.05) is 13.2 Å². The lowest BCUT2D eigenvalue weighted by Gasteiger charge is -2.31. The number of alkyl carbamates (subject to hydrolysis) is 1. The molecule has 2 aromatic carbocycles. The topological polar surface area (TPSA) is 114 Å². The summed E-state index contributed by atoms with van der Waals surface area (Å²) in [6.45, 7) is 10.7. The number of aryl methyl sites for hydroxylation is 2. The Labute approximate surface area is 236 Å². The average Bonchev–Trinajstić information content (AvgIpc) is 2.87. The molecular formula is C31H39N3O6. The third-order valence-corrected chi connectivity index (χ3v) is 5.82. The largest absolute Gasteiger partial charge is 0.466 e. The molecule has 0 heterocycles. The Hall–Kier alpha value is -4.32. The van der Waals surface area contributed by atoms with Crippen LogP contribution >= 0.6 is 0 Å². The van der Waals surface area contributed by atoms with Gasteiger partial charge in [0.1, 0.15) is 17.7 Å². The molecule has 0 aliphatic rings. The Kier molecular flexibility index (Phi) is 11.7. The van der Waals surface area contributed by atoms with E-state index in [0.29, 0.717) is 5.56 Å². The fourth-order valence-corrected chi connectivity index (χ4v) is 4.00. The van der Waals surface area contributed by atoms with Gasteiger partial charge in [-0.2, -0.15) is 0 Å². The first-order valence-corrected chi connectivity index (χ1v) is 13.2. The first-order valence-electron chi connectivity index (χ1n) is 13.2. The van der Waals surface area contributed by atoms with Crippen LogP contribution in [0.1, 0.15) is 62.4 Å². The van der Waals surface area contributed by atoms with Gasteiger partial charge in [0.2, 0.25) is 5.91 Å². The van der Waals surface area contributed by atoms with Gasteiger partial charge in [0.15, 0.2) is 0 Å². The molecule has 0 aliphatic carbocycles. The molecule has 0 spiro atoms. The van der Waals surface area contributed by atoms with Gasteiger partial charge >= 0.3 is 12.1 Å². The number of esters is 1. The molecule has 2 rings (SSSR count). The van der Waals surface area contributed by atoms with E-state index in [2.05, 4.69) is 16.7 Å². The van der Waals surface area contributed by atoms with Crippen LogP contribution in [0.5, 0.6) is 0 Å². The maximum absolute atomic E-state index is 14.0. The fourth-order valence-electron chi connectivity index (χ4n) is 4.00. The smallest absolute Gasteiger partial charge is 0.408 e. The zero-order chi connectivity index (χ0) is 29.9. The first kappa shape index (κ1) is 31.9. The summed E-state index contributed by atoms with van der Waals surface area (Å²) in [6, 6.07) is 14.7. The highest BCUT2D eigenvalue weighted by atomic mass is 16.6. The molecule has 3 amide bonds. The summed E-state index contributed by atoms with van der Waals surface area (Å²) in [4.78, 5) is 53.1. The van der Waals surface area contributed by atoms with Gasteiger partial charge in [0, 0.05) is 19.0 Å². The summed E-state index contributed by atoms with van der Waals surface area (Å²) in [5.74, 6) is -1.69. The first-order chi connectivity index (χ1) is 18.9. The average molecular weight is 550 g/mol. The molecule has 0 aromatic heterocycles. The second-order valence-electron chi connectivity index (χ2n) is 10.3. The summed E-state index contributed by atoms with van der Waals surface area (Å²) in [5, 5.41) is 5.35. The molecule has 40 heavy (non-hydrogen) atoms. The minimum Gasteiger partial charge on any atom is -0.466 e. The van der Waals surface area contributed by atoms with Crippen LogP contribution in [0.2, 0.25) is 0 Å². The number of hydrogen-bond acceptors (Lipinski definition) is 6. The number of nitrogens with one attached hydrogen (secondary N) is 2. The van der Waals surface area contributed by atoms with Crippen molar-refractivity contribution < 1.29 is 28.7 Å². The molecule has 0 fully saturated rings. The van der Waals surface area contributed by atoms with E-state index in [4.69, 9.17) is 15.9 Å². The lowest BCUT2D eigenvalue weighted by Crippen LogP contribution is -2.52. The summed E-state index contributed by atoms with van der Waals surface area (Å²) < 4.78 is 10.3. The molecule has 0 saturated heterocycles. The fraction of sp³-hybridized carbons (Fsp3) is 0.419. The molecule has 0 saturated carbocycles. The lowest BCUT2D eigenvalue weighted by atomic mass is 9.96. The number of carbonyl (C=O) groups is 4. The van der Waals surface area contributed by atoms with Crippen molar-refractivity contribution in [3.63, 3.8) is 0 Å². The number of amides is 3. The summed E-state index contributed by atoms with van der Waals surface area (Å²) in [6.07, 6.45) is 5.15. The molecular weight excluding hydrogens is 510 g/mol. The molecule has 0 radical (unpaired) electrons. The predicted octanol–water partition coefficient (Wildman–Crippen LogP) is 3.97. The molecule has 2 aromatic rings. The quantitative estimate of drug-likeness (QED) is 0.249. The molecule has 0 aliphatic heterocycles. The van der Waals surface area contributed by atoms with Gasteiger partial charge in [-0.25, -0.2) is 4.79 Å². The lowest BCUT2D eigenvalue weighted by molar-refractivity contribution is -0.143. The van der Waals surface area contributed by atoms with E-state index in [1.165, 1.54) is 0 Å². The van der Waals surface area contributed by atoms with Crippen LogP contribution in [0.3, 0.4) is 0 Å². The van der Waals surface area contributed by atoms with Gasteiger partial charge in [-0.05, 0) is 58.2 Å². The number of hydrogen-bond donors (Lipinski definition) is 2. The van der Waals surface area contributed by atoms with E-state index in [1.54, 1.807) is 33.8 Å². The van der Waals surface area contributed by atoms with Gasteiger partial charge in [-0.15, -0.1) is 0 Å². The summed E-state index contributed by atoms with van der Waals surface area (Å²) >= 11 is 0. The number of carbonyl (C=O) groups excluding carboxylic acids is 4. The van der Waals surface area contributed by atoms with Crippen molar-refractivity contribution in [2.24, 2.45) is 0 Å². The standard InChI is InChI=1S/C31H39N3O6/c1-8-34(29(37)25(20-23-13-11-10-12-14-23)33-30(38)40-31(5,6)7)27(24-19-21(3)15-16-22(24)4)28(36)32-18-17-26(35)39-9-2/h1,10-16,19,25,27H,9,17-18,20H2,2-7H3,(H,32,36)(H,33,38). The molecule has 0 bridgehead atoms. The maximum Gasteiger partial charge on any atom is 0.408 e. The number of terminal acetylenes is 1. The zero-order valence-corrected chi connectivity index (χ0v) is 24.1. The van der Waals surface area contributed by atoms with E-state index in [9.17, 15) is 19.2 Å². The molecule has 2 N–H and O–H groups in total. The van der Waals surface area contributed by atoms with Crippen molar-refractivity contribution in [3.8, 4) is 12.5 Å². The third-order valence-electron chi connectivity index (χ3n) is 5.82. The van der Waals surface area contributed by atoms with Gasteiger partial charge in [-0.1, -0.05) is 60.5 Å². The van der Waals surface area contributed by atoms with Crippen LogP contribution in [0.4, 0.5) is 4.79 Å². The van der Waals surface area contributed by atoms with Crippen LogP contribution in [0.15, 0.2) is 48.5 Å². The third kappa shape index (κ3) is 9.77. The van der Waals surface area contributed by atoms with Crippen LogP contribution in [-0.2, 0) is 30.3 Å². The molecule has 214 valence electrons. The molecule has 9 heteroatoms. The van der Waals surface area contributed by atoms with Crippen LogP contribution < -0.4 is 10.6 Å². The second kappa shape index (κ2) is 14.7. The Balaban J connectivity index is 2.47. The van der Waals surface area contributed by atoms with Gasteiger partial charge in [0.25, 0.3) is 5.91 Å². The van der Waals surface area contributed by atoms with E-state index < -0.39 is 41.6 Å². The molecule has 9 nitrogen and oxygen atoms in total. The Morgan fingerprint density at radius 2 is 1.73 bits per heavy atom.